The molecule has 2 atom stereocenters. The van der Waals surface area contributed by atoms with E-state index in [1.807, 2.05) is 0 Å². The molecule has 3 nitrogen and oxygen atoms in total. The van der Waals surface area contributed by atoms with Crippen LogP contribution in [0.25, 0.3) is 0 Å². The molecule has 0 aromatic rings. The highest BCUT2D eigenvalue weighted by Crippen LogP contribution is 2.12. The van der Waals surface area contributed by atoms with Crippen LogP contribution in [-0.4, -0.2) is 35.6 Å². The summed E-state index contributed by atoms with van der Waals surface area (Å²) in [7, 11) is 0. The topological polar surface area (TPSA) is 49.7 Å². The van der Waals surface area contributed by atoms with Gasteiger partial charge in [-0.15, -0.1) is 12.8 Å². The van der Waals surface area contributed by atoms with Crippen molar-refractivity contribution in [3.8, 4) is 12.8 Å². The molecule has 1 rings (SSSR count). The second-order valence-electron chi connectivity index (χ2n) is 2.35. The average molecular weight is 158 g/mol. The second kappa shape index (κ2) is 6.17. The number of hydrogen-bond donors (Lipinski definition) is 2. The molecule has 2 unspecified atom stereocenters. The monoisotopic (exact) mass is 158 g/mol. The number of hydrogen-bond acceptors (Lipinski definition) is 3. The molecule has 0 amide bonds. The minimum atomic E-state index is -0.268. The Morgan fingerprint density at radius 3 is 2.45 bits per heavy atom. The fraction of sp³-hybridized carbons (Fsp3) is 0.750. The molecule has 1 fully saturated rings. The van der Waals surface area contributed by atoms with Crippen LogP contribution in [0.2, 0.25) is 0 Å². The van der Waals surface area contributed by atoms with Gasteiger partial charge in [0.25, 0.3) is 0 Å². The molecule has 0 aliphatic carbocycles. The number of aliphatic hydroxyl groups excluding tert-OH is 2. The third-order valence-electron chi connectivity index (χ3n) is 1.54. The Morgan fingerprint density at radius 2 is 2.09 bits per heavy atom. The standard InChI is InChI=1S/C6H12O3.C2H2/c7-4-6-3-5(8)1-2-9-6;1-2/h5-8H,1-4H2;1-2H. The summed E-state index contributed by atoms with van der Waals surface area (Å²) < 4.78 is 5.09. The lowest BCUT2D eigenvalue weighted by atomic mass is 10.1. The number of terminal acetylenes is 1. The van der Waals surface area contributed by atoms with Crippen molar-refractivity contribution < 1.29 is 14.9 Å². The van der Waals surface area contributed by atoms with E-state index in [0.29, 0.717) is 19.4 Å². The van der Waals surface area contributed by atoms with Crippen LogP contribution in [0.15, 0.2) is 0 Å². The van der Waals surface area contributed by atoms with E-state index in [0.717, 1.165) is 0 Å². The first kappa shape index (κ1) is 10.4. The van der Waals surface area contributed by atoms with E-state index in [4.69, 9.17) is 14.9 Å². The number of aliphatic hydroxyl groups is 2. The summed E-state index contributed by atoms with van der Waals surface area (Å²) in [5.74, 6) is 0. The van der Waals surface area contributed by atoms with Crippen molar-refractivity contribution in [2.75, 3.05) is 13.2 Å². The van der Waals surface area contributed by atoms with Gasteiger partial charge in [0.05, 0.1) is 18.8 Å². The highest BCUT2D eigenvalue weighted by molar-refractivity contribution is 4.68. The van der Waals surface area contributed by atoms with E-state index in [2.05, 4.69) is 12.8 Å². The first-order chi connectivity index (χ1) is 5.33. The Kier molecular flexibility index (Phi) is 5.86. The van der Waals surface area contributed by atoms with Crippen molar-refractivity contribution in [2.24, 2.45) is 0 Å². The van der Waals surface area contributed by atoms with Crippen LogP contribution in [0.5, 0.6) is 0 Å². The van der Waals surface area contributed by atoms with Crippen molar-refractivity contribution in [2.45, 2.75) is 25.0 Å². The van der Waals surface area contributed by atoms with E-state index < -0.39 is 0 Å². The first-order valence-corrected chi connectivity index (χ1v) is 3.57. The normalized spacial score (nSPS) is 30.2. The van der Waals surface area contributed by atoms with Crippen LogP contribution in [0.4, 0.5) is 0 Å². The van der Waals surface area contributed by atoms with Crippen molar-refractivity contribution in [3.63, 3.8) is 0 Å². The fourth-order valence-corrected chi connectivity index (χ4v) is 0.987. The summed E-state index contributed by atoms with van der Waals surface area (Å²) in [6.45, 7) is 0.601. The second-order valence-corrected chi connectivity index (χ2v) is 2.35. The molecule has 1 saturated heterocycles. The molecule has 0 radical (unpaired) electrons. The van der Waals surface area contributed by atoms with Gasteiger partial charge in [-0.2, -0.15) is 0 Å². The zero-order valence-electron chi connectivity index (χ0n) is 6.44. The molecule has 0 aromatic carbocycles. The van der Waals surface area contributed by atoms with Crippen molar-refractivity contribution in [1.82, 2.24) is 0 Å². The summed E-state index contributed by atoms with van der Waals surface area (Å²) in [4.78, 5) is 0. The molecule has 2 N–H and O–H groups in total. The van der Waals surface area contributed by atoms with Crippen LogP contribution in [-0.2, 0) is 4.74 Å². The largest absolute Gasteiger partial charge is 0.394 e. The van der Waals surface area contributed by atoms with Crippen molar-refractivity contribution >= 4 is 0 Å². The SMILES string of the molecule is C#C.OCC1CC(O)CCO1. The van der Waals surface area contributed by atoms with Crippen molar-refractivity contribution in [1.29, 1.82) is 0 Å². The van der Waals surface area contributed by atoms with Gasteiger partial charge in [-0.1, -0.05) is 0 Å². The van der Waals surface area contributed by atoms with E-state index >= 15 is 0 Å². The minimum Gasteiger partial charge on any atom is -0.394 e. The van der Waals surface area contributed by atoms with Gasteiger partial charge in [0, 0.05) is 13.0 Å². The van der Waals surface area contributed by atoms with E-state index in [9.17, 15) is 0 Å². The van der Waals surface area contributed by atoms with Crippen LogP contribution < -0.4 is 0 Å². The maximum absolute atomic E-state index is 9.02. The third-order valence-corrected chi connectivity index (χ3v) is 1.54. The van der Waals surface area contributed by atoms with Gasteiger partial charge < -0.3 is 14.9 Å². The number of ether oxygens (including phenoxy) is 1. The summed E-state index contributed by atoms with van der Waals surface area (Å²) in [5.41, 5.74) is 0. The maximum atomic E-state index is 9.02. The molecule has 0 saturated carbocycles. The Morgan fingerprint density at radius 1 is 1.45 bits per heavy atom. The predicted octanol–water partition coefficient (Wildman–Crippen LogP) is -0.232. The molecule has 0 bridgehead atoms. The molecule has 3 heteroatoms. The highest BCUT2D eigenvalue weighted by atomic mass is 16.5. The molecule has 11 heavy (non-hydrogen) atoms. The summed E-state index contributed by atoms with van der Waals surface area (Å²) >= 11 is 0. The predicted molar refractivity (Wildman–Crippen MR) is 42.0 cm³/mol. The van der Waals surface area contributed by atoms with E-state index in [1.165, 1.54) is 0 Å². The van der Waals surface area contributed by atoms with Crippen molar-refractivity contribution in [3.05, 3.63) is 0 Å². The molecule has 0 aromatic heterocycles. The van der Waals surface area contributed by atoms with Crippen LogP contribution >= 0.6 is 0 Å². The van der Waals surface area contributed by atoms with Gasteiger partial charge in [-0.25, -0.2) is 0 Å². The number of rotatable bonds is 1. The third kappa shape index (κ3) is 3.99. The summed E-state index contributed by atoms with van der Waals surface area (Å²) in [5, 5.41) is 17.6. The Labute approximate surface area is 67.0 Å². The van der Waals surface area contributed by atoms with E-state index in [1.54, 1.807) is 0 Å². The van der Waals surface area contributed by atoms with Gasteiger partial charge in [-0.05, 0) is 6.42 Å². The van der Waals surface area contributed by atoms with Crippen LogP contribution in [0.3, 0.4) is 0 Å². The fourth-order valence-electron chi connectivity index (χ4n) is 0.987. The molecule has 1 aliphatic rings. The lowest BCUT2D eigenvalue weighted by Gasteiger charge is -2.24. The molecule has 0 spiro atoms. The van der Waals surface area contributed by atoms with Gasteiger partial charge >= 0.3 is 0 Å². The maximum Gasteiger partial charge on any atom is 0.0830 e. The van der Waals surface area contributed by atoms with Gasteiger partial charge in [-0.3, -0.25) is 0 Å². The molecule has 64 valence electrons. The molecular weight excluding hydrogens is 144 g/mol. The van der Waals surface area contributed by atoms with E-state index in [-0.39, 0.29) is 18.8 Å². The average Bonchev–Trinajstić information content (AvgIpc) is 2.08. The Hall–Kier alpha value is -0.560. The molecular formula is C8H14O3. The van der Waals surface area contributed by atoms with Gasteiger partial charge in [0.2, 0.25) is 0 Å². The lowest BCUT2D eigenvalue weighted by Crippen LogP contribution is -2.31. The Bertz CT molecular complexity index is 111. The quantitative estimate of drug-likeness (QED) is 0.518. The molecule has 1 aliphatic heterocycles. The zero-order valence-corrected chi connectivity index (χ0v) is 6.44. The van der Waals surface area contributed by atoms with Gasteiger partial charge in [0.15, 0.2) is 0 Å². The summed E-state index contributed by atoms with van der Waals surface area (Å²) in [6, 6.07) is 0. The van der Waals surface area contributed by atoms with Crippen LogP contribution in [0.1, 0.15) is 12.8 Å². The highest BCUT2D eigenvalue weighted by Gasteiger charge is 2.19. The lowest BCUT2D eigenvalue weighted by molar-refractivity contribution is -0.0642. The summed E-state index contributed by atoms with van der Waals surface area (Å²) in [6.07, 6.45) is 8.89. The van der Waals surface area contributed by atoms with Gasteiger partial charge in [0.1, 0.15) is 0 Å². The smallest absolute Gasteiger partial charge is 0.0830 e. The zero-order chi connectivity index (χ0) is 8.69. The minimum absolute atomic E-state index is 0.0249. The Balaban J connectivity index is 0.000000461. The van der Waals surface area contributed by atoms with Crippen LogP contribution in [0, 0.1) is 12.8 Å². The first-order valence-electron chi connectivity index (χ1n) is 3.57. The molecule has 1 heterocycles.